The molecule has 1 aromatic carbocycles. The first-order valence-electron chi connectivity index (χ1n) is 7.88. The number of nitrogens with zero attached hydrogens (tertiary/aromatic N) is 1. The van der Waals surface area contributed by atoms with Gasteiger partial charge in [0.15, 0.2) is 17.2 Å². The number of aliphatic imine (C=N–C) groups is 1. The molecule has 2 aromatic rings. The van der Waals surface area contributed by atoms with Crippen LogP contribution in [0.2, 0.25) is 0 Å². The minimum absolute atomic E-state index is 0.238. The maximum Gasteiger partial charge on any atom is 0.363 e. The number of halogens is 1. The third-order valence-electron chi connectivity index (χ3n) is 3.33. The van der Waals surface area contributed by atoms with E-state index >= 15 is 0 Å². The number of hydrogen-bond acceptors (Lipinski definition) is 6. The van der Waals surface area contributed by atoms with E-state index in [-0.39, 0.29) is 5.70 Å². The lowest BCUT2D eigenvalue weighted by molar-refractivity contribution is -0.129. The number of carbonyl (C=O) groups excluding carboxylic acids is 1. The molecule has 0 atom stereocenters. The van der Waals surface area contributed by atoms with Gasteiger partial charge in [0.05, 0.1) is 16.0 Å². The average molecular weight is 434 g/mol. The molecule has 3 rings (SSSR count). The van der Waals surface area contributed by atoms with Crippen LogP contribution in [0.4, 0.5) is 0 Å². The fourth-order valence-electron chi connectivity index (χ4n) is 2.29. The van der Waals surface area contributed by atoms with Gasteiger partial charge in [0, 0.05) is 0 Å². The van der Waals surface area contributed by atoms with Crippen LogP contribution in [0.1, 0.15) is 17.4 Å². The molecule has 7 heteroatoms. The monoisotopic (exact) mass is 433 g/mol. The molecule has 1 aromatic heterocycles. The summed E-state index contributed by atoms with van der Waals surface area (Å²) in [6, 6.07) is 7.37. The van der Waals surface area contributed by atoms with E-state index in [2.05, 4.69) is 27.5 Å². The third kappa shape index (κ3) is 4.05. The van der Waals surface area contributed by atoms with E-state index in [9.17, 15) is 4.79 Å². The molecule has 0 spiro atoms. The van der Waals surface area contributed by atoms with Gasteiger partial charge in [-0.15, -0.1) is 11.3 Å². The lowest BCUT2D eigenvalue weighted by Gasteiger charge is -2.13. The molecule has 0 fully saturated rings. The second kappa shape index (κ2) is 8.33. The largest absolute Gasteiger partial charge is 0.490 e. The summed E-state index contributed by atoms with van der Waals surface area (Å²) in [4.78, 5) is 17.2. The van der Waals surface area contributed by atoms with E-state index in [1.165, 1.54) is 11.3 Å². The van der Waals surface area contributed by atoms with Crippen molar-refractivity contribution in [3.05, 3.63) is 62.9 Å². The van der Waals surface area contributed by atoms with Crippen LogP contribution >= 0.6 is 27.3 Å². The summed E-state index contributed by atoms with van der Waals surface area (Å²) in [6.07, 6.45) is 3.32. The van der Waals surface area contributed by atoms with Crippen LogP contribution in [-0.2, 0) is 9.53 Å². The highest BCUT2D eigenvalue weighted by Crippen LogP contribution is 2.38. The maximum atomic E-state index is 12.1. The number of hydrogen-bond donors (Lipinski definition) is 0. The number of ether oxygens (including phenoxy) is 3. The summed E-state index contributed by atoms with van der Waals surface area (Å²) >= 11 is 4.95. The zero-order chi connectivity index (χ0) is 18.5. The Morgan fingerprint density at radius 2 is 2.23 bits per heavy atom. The van der Waals surface area contributed by atoms with Gasteiger partial charge in [-0.25, -0.2) is 9.79 Å². The summed E-state index contributed by atoms with van der Waals surface area (Å²) < 4.78 is 17.3. The first kappa shape index (κ1) is 18.4. The molecule has 2 heterocycles. The Balaban J connectivity index is 1.95. The second-order valence-electron chi connectivity index (χ2n) is 5.18. The smallest absolute Gasteiger partial charge is 0.363 e. The van der Waals surface area contributed by atoms with E-state index in [0.29, 0.717) is 35.1 Å². The SMILES string of the molecule is C=CCOc1c(Br)cc(/C=C2\N=C(c3cccs3)OC2=O)cc1OCC. The fourth-order valence-corrected chi connectivity index (χ4v) is 3.51. The topological polar surface area (TPSA) is 57.1 Å². The minimum atomic E-state index is -0.477. The summed E-state index contributed by atoms with van der Waals surface area (Å²) in [5.74, 6) is 1.01. The lowest BCUT2D eigenvalue weighted by atomic mass is 10.1. The average Bonchev–Trinajstić information content (AvgIpc) is 3.25. The maximum absolute atomic E-state index is 12.1. The quantitative estimate of drug-likeness (QED) is 0.356. The molecule has 0 unspecified atom stereocenters. The lowest BCUT2D eigenvalue weighted by Crippen LogP contribution is -2.03. The van der Waals surface area contributed by atoms with Gasteiger partial charge in [-0.05, 0) is 58.1 Å². The Morgan fingerprint density at radius 3 is 2.92 bits per heavy atom. The molecule has 0 aliphatic carbocycles. The van der Waals surface area contributed by atoms with Crippen molar-refractivity contribution in [1.82, 2.24) is 0 Å². The molecule has 0 saturated heterocycles. The normalized spacial score (nSPS) is 14.9. The van der Waals surface area contributed by atoms with Gasteiger partial charge >= 0.3 is 5.97 Å². The van der Waals surface area contributed by atoms with Crippen molar-refractivity contribution < 1.29 is 19.0 Å². The van der Waals surface area contributed by atoms with Gasteiger partial charge in [0.2, 0.25) is 5.90 Å². The molecule has 0 amide bonds. The zero-order valence-electron chi connectivity index (χ0n) is 14.0. The first-order chi connectivity index (χ1) is 12.6. The molecule has 26 heavy (non-hydrogen) atoms. The van der Waals surface area contributed by atoms with Gasteiger partial charge in [0.25, 0.3) is 0 Å². The van der Waals surface area contributed by atoms with Gasteiger partial charge < -0.3 is 14.2 Å². The van der Waals surface area contributed by atoms with Gasteiger partial charge in [0.1, 0.15) is 6.61 Å². The highest BCUT2D eigenvalue weighted by molar-refractivity contribution is 9.10. The van der Waals surface area contributed by atoms with Crippen LogP contribution < -0.4 is 9.47 Å². The Bertz CT molecular complexity index is 887. The van der Waals surface area contributed by atoms with E-state index in [1.54, 1.807) is 18.2 Å². The zero-order valence-corrected chi connectivity index (χ0v) is 16.4. The van der Waals surface area contributed by atoms with Gasteiger partial charge in [-0.2, -0.15) is 0 Å². The molecule has 0 bridgehead atoms. The van der Waals surface area contributed by atoms with Crippen molar-refractivity contribution in [3.63, 3.8) is 0 Å². The van der Waals surface area contributed by atoms with Crippen molar-refractivity contribution in [2.45, 2.75) is 6.92 Å². The van der Waals surface area contributed by atoms with Crippen molar-refractivity contribution in [2.24, 2.45) is 4.99 Å². The van der Waals surface area contributed by atoms with Crippen LogP contribution in [-0.4, -0.2) is 25.1 Å². The van der Waals surface area contributed by atoms with Crippen LogP contribution in [0.25, 0.3) is 6.08 Å². The standard InChI is InChI=1S/C19H16BrNO4S/c1-3-7-24-17-13(20)9-12(11-15(17)23-4-2)10-14-19(22)25-18(21-14)16-6-5-8-26-16/h3,5-6,8-11H,1,4,7H2,2H3/b14-10-. The van der Waals surface area contributed by atoms with Gasteiger partial charge in [-0.1, -0.05) is 18.7 Å². The van der Waals surface area contributed by atoms with Gasteiger partial charge in [-0.3, -0.25) is 0 Å². The molecule has 0 N–H and O–H groups in total. The molecule has 1 aliphatic heterocycles. The summed E-state index contributed by atoms with van der Waals surface area (Å²) in [5, 5.41) is 1.90. The molecular formula is C19H16BrNO4S. The predicted molar refractivity (Wildman–Crippen MR) is 106 cm³/mol. The molecule has 5 nitrogen and oxygen atoms in total. The second-order valence-corrected chi connectivity index (χ2v) is 6.98. The molecule has 0 radical (unpaired) electrons. The number of cyclic esters (lactones) is 1. The highest BCUT2D eigenvalue weighted by Gasteiger charge is 2.25. The van der Waals surface area contributed by atoms with Crippen molar-refractivity contribution in [1.29, 1.82) is 0 Å². The highest BCUT2D eigenvalue weighted by atomic mass is 79.9. The molecule has 134 valence electrons. The Morgan fingerprint density at radius 1 is 1.38 bits per heavy atom. The minimum Gasteiger partial charge on any atom is -0.490 e. The summed E-state index contributed by atoms with van der Waals surface area (Å²) in [6.45, 7) is 6.39. The summed E-state index contributed by atoms with van der Waals surface area (Å²) in [7, 11) is 0. The third-order valence-corrected chi connectivity index (χ3v) is 4.78. The number of rotatable bonds is 7. The number of benzene rings is 1. The fraction of sp³-hybridized carbons (Fsp3) is 0.158. The Kier molecular flexibility index (Phi) is 5.90. The van der Waals surface area contributed by atoms with Crippen LogP contribution in [0.5, 0.6) is 11.5 Å². The van der Waals surface area contributed by atoms with Crippen molar-refractivity contribution in [3.8, 4) is 11.5 Å². The molecule has 1 aliphatic rings. The molecular weight excluding hydrogens is 418 g/mol. The number of thiophene rings is 1. The molecule has 0 saturated carbocycles. The number of carbonyl (C=O) groups is 1. The predicted octanol–water partition coefficient (Wildman–Crippen LogP) is 4.82. The first-order valence-corrected chi connectivity index (χ1v) is 9.56. The summed E-state index contributed by atoms with van der Waals surface area (Å²) in [5.41, 5.74) is 0.983. The van der Waals surface area contributed by atoms with E-state index in [0.717, 1.165) is 10.4 Å². The number of esters is 1. The van der Waals surface area contributed by atoms with E-state index in [4.69, 9.17) is 14.2 Å². The van der Waals surface area contributed by atoms with E-state index in [1.807, 2.05) is 30.5 Å². The van der Waals surface area contributed by atoms with Crippen LogP contribution in [0.15, 0.2) is 57.5 Å². The van der Waals surface area contributed by atoms with Crippen LogP contribution in [0.3, 0.4) is 0 Å². The Hall–Kier alpha value is -2.38. The van der Waals surface area contributed by atoms with Crippen LogP contribution in [0, 0.1) is 0 Å². The van der Waals surface area contributed by atoms with E-state index < -0.39 is 5.97 Å². The van der Waals surface area contributed by atoms with Crippen molar-refractivity contribution >= 4 is 45.2 Å². The Labute approximate surface area is 163 Å². The van der Waals surface area contributed by atoms with Crippen molar-refractivity contribution in [2.75, 3.05) is 13.2 Å².